The lowest BCUT2D eigenvalue weighted by Gasteiger charge is -2.12. The zero-order chi connectivity index (χ0) is 11.2. The van der Waals surface area contributed by atoms with Gasteiger partial charge in [0.1, 0.15) is 5.82 Å². The summed E-state index contributed by atoms with van der Waals surface area (Å²) in [6.45, 7) is 2.78. The van der Waals surface area contributed by atoms with Crippen molar-refractivity contribution in [2.75, 3.05) is 0 Å². The van der Waals surface area contributed by atoms with E-state index >= 15 is 0 Å². The minimum atomic E-state index is 0.270. The van der Waals surface area contributed by atoms with Gasteiger partial charge in [0.2, 0.25) is 0 Å². The Morgan fingerprint density at radius 3 is 2.50 bits per heavy atom. The molecule has 0 spiro atoms. The van der Waals surface area contributed by atoms with Crippen LogP contribution in [0.15, 0.2) is 43.0 Å². The topological polar surface area (TPSA) is 50.7 Å². The minimum absolute atomic E-state index is 0.270. The van der Waals surface area contributed by atoms with Crippen LogP contribution in [0.5, 0.6) is 0 Å². The van der Waals surface area contributed by atoms with E-state index in [0.29, 0.717) is 6.54 Å². The first-order valence-corrected chi connectivity index (χ1v) is 5.25. The van der Waals surface area contributed by atoms with Crippen LogP contribution >= 0.6 is 0 Å². The molecule has 0 bridgehead atoms. The van der Waals surface area contributed by atoms with Gasteiger partial charge >= 0.3 is 0 Å². The van der Waals surface area contributed by atoms with Crippen LogP contribution in [-0.2, 0) is 6.54 Å². The summed E-state index contributed by atoms with van der Waals surface area (Å²) in [7, 11) is 0. The van der Waals surface area contributed by atoms with Crippen molar-refractivity contribution < 1.29 is 0 Å². The first kappa shape index (κ1) is 10.7. The predicted molar refractivity (Wildman–Crippen MR) is 61.5 cm³/mol. The van der Waals surface area contributed by atoms with Crippen LogP contribution in [-0.4, -0.2) is 15.0 Å². The third-order valence-electron chi connectivity index (χ3n) is 2.39. The Morgan fingerprint density at radius 2 is 1.81 bits per heavy atom. The molecule has 0 radical (unpaired) electrons. The van der Waals surface area contributed by atoms with Crippen molar-refractivity contribution in [1.82, 2.24) is 20.3 Å². The Balaban J connectivity index is 1.92. The van der Waals surface area contributed by atoms with Gasteiger partial charge in [0.25, 0.3) is 0 Å². The van der Waals surface area contributed by atoms with Gasteiger partial charge < -0.3 is 5.32 Å². The van der Waals surface area contributed by atoms with Gasteiger partial charge in [-0.3, -0.25) is 4.98 Å². The van der Waals surface area contributed by atoms with Crippen LogP contribution in [0.2, 0.25) is 0 Å². The lowest BCUT2D eigenvalue weighted by molar-refractivity contribution is 0.558. The number of hydrogen-bond acceptors (Lipinski definition) is 4. The highest BCUT2D eigenvalue weighted by Crippen LogP contribution is 2.10. The molecule has 4 heteroatoms. The van der Waals surface area contributed by atoms with Crippen molar-refractivity contribution in [3.8, 4) is 0 Å². The summed E-state index contributed by atoms with van der Waals surface area (Å²) >= 11 is 0. The molecule has 0 aliphatic heterocycles. The summed E-state index contributed by atoms with van der Waals surface area (Å²) < 4.78 is 0. The quantitative estimate of drug-likeness (QED) is 0.842. The van der Waals surface area contributed by atoms with Crippen molar-refractivity contribution >= 4 is 0 Å². The fraction of sp³-hybridized carbons (Fsp3) is 0.250. The van der Waals surface area contributed by atoms with Crippen molar-refractivity contribution in [1.29, 1.82) is 0 Å². The Labute approximate surface area is 94.8 Å². The summed E-state index contributed by atoms with van der Waals surface area (Å²) in [6, 6.07) is 6.09. The summed E-state index contributed by atoms with van der Waals surface area (Å²) in [5, 5.41) is 3.36. The molecule has 1 N–H and O–H groups in total. The second kappa shape index (κ2) is 5.32. The Bertz CT molecular complexity index is 416. The lowest BCUT2D eigenvalue weighted by Crippen LogP contribution is -2.19. The first-order chi connectivity index (χ1) is 7.86. The third kappa shape index (κ3) is 2.84. The third-order valence-corrected chi connectivity index (χ3v) is 2.39. The average molecular weight is 214 g/mol. The van der Waals surface area contributed by atoms with E-state index in [1.807, 2.05) is 18.2 Å². The monoisotopic (exact) mass is 214 g/mol. The number of nitrogens with one attached hydrogen (secondary N) is 1. The summed E-state index contributed by atoms with van der Waals surface area (Å²) in [5.41, 5.74) is 1.21. The molecule has 0 aromatic carbocycles. The maximum absolute atomic E-state index is 4.16. The second-order valence-corrected chi connectivity index (χ2v) is 3.55. The number of hydrogen-bond donors (Lipinski definition) is 1. The van der Waals surface area contributed by atoms with E-state index in [1.165, 1.54) is 5.56 Å². The van der Waals surface area contributed by atoms with Gasteiger partial charge in [-0.05, 0) is 30.7 Å². The second-order valence-electron chi connectivity index (χ2n) is 3.55. The molecule has 0 fully saturated rings. The fourth-order valence-electron chi connectivity index (χ4n) is 1.44. The number of aromatic nitrogens is 3. The maximum Gasteiger partial charge on any atom is 0.141 e. The first-order valence-electron chi connectivity index (χ1n) is 5.25. The number of pyridine rings is 1. The highest BCUT2D eigenvalue weighted by atomic mass is 15.0. The van der Waals surface area contributed by atoms with Gasteiger partial charge in [-0.25, -0.2) is 9.97 Å². The van der Waals surface area contributed by atoms with Gasteiger partial charge in [0.05, 0.1) is 6.54 Å². The fourth-order valence-corrected chi connectivity index (χ4v) is 1.44. The molecule has 0 aliphatic rings. The van der Waals surface area contributed by atoms with Gasteiger partial charge in [-0.2, -0.15) is 0 Å². The molecule has 0 unspecified atom stereocenters. The molecular weight excluding hydrogens is 200 g/mol. The molecular formula is C12H14N4. The van der Waals surface area contributed by atoms with Crippen LogP contribution in [0.4, 0.5) is 0 Å². The Kier molecular flexibility index (Phi) is 3.56. The molecule has 4 nitrogen and oxygen atoms in total. The maximum atomic E-state index is 4.16. The van der Waals surface area contributed by atoms with E-state index < -0.39 is 0 Å². The van der Waals surface area contributed by atoms with E-state index in [-0.39, 0.29) is 6.04 Å². The molecule has 2 rings (SSSR count). The zero-order valence-electron chi connectivity index (χ0n) is 9.17. The molecule has 2 heterocycles. The van der Waals surface area contributed by atoms with E-state index in [0.717, 1.165) is 5.82 Å². The summed E-state index contributed by atoms with van der Waals surface area (Å²) in [5.74, 6) is 0.809. The standard InChI is InChI=1S/C12H14N4/c1-10(11-3-7-13-8-4-11)16-9-12-14-5-2-6-15-12/h2-8,10,16H,9H2,1H3/t10-/m1/s1. The van der Waals surface area contributed by atoms with Crippen molar-refractivity contribution in [2.45, 2.75) is 19.5 Å². The van der Waals surface area contributed by atoms with Crippen LogP contribution in [0.25, 0.3) is 0 Å². The van der Waals surface area contributed by atoms with E-state index in [4.69, 9.17) is 0 Å². The van der Waals surface area contributed by atoms with E-state index in [1.54, 1.807) is 24.8 Å². The molecule has 2 aromatic heterocycles. The van der Waals surface area contributed by atoms with Gasteiger partial charge in [-0.15, -0.1) is 0 Å². The number of rotatable bonds is 4. The van der Waals surface area contributed by atoms with Gasteiger partial charge in [0.15, 0.2) is 0 Å². The highest BCUT2D eigenvalue weighted by molar-refractivity contribution is 5.13. The molecule has 82 valence electrons. The molecule has 16 heavy (non-hydrogen) atoms. The normalized spacial score (nSPS) is 12.3. The van der Waals surface area contributed by atoms with E-state index in [9.17, 15) is 0 Å². The van der Waals surface area contributed by atoms with Crippen LogP contribution in [0.3, 0.4) is 0 Å². The zero-order valence-corrected chi connectivity index (χ0v) is 9.17. The molecule has 0 saturated heterocycles. The minimum Gasteiger partial charge on any atom is -0.303 e. The number of nitrogens with zero attached hydrogens (tertiary/aromatic N) is 3. The summed E-state index contributed by atoms with van der Waals surface area (Å²) in [6.07, 6.45) is 7.10. The predicted octanol–water partition coefficient (Wildman–Crippen LogP) is 1.72. The van der Waals surface area contributed by atoms with Crippen LogP contribution < -0.4 is 5.32 Å². The highest BCUT2D eigenvalue weighted by Gasteiger charge is 2.04. The molecule has 0 saturated carbocycles. The smallest absolute Gasteiger partial charge is 0.141 e. The molecule has 0 aliphatic carbocycles. The van der Waals surface area contributed by atoms with Crippen molar-refractivity contribution in [3.05, 3.63) is 54.4 Å². The largest absolute Gasteiger partial charge is 0.303 e. The Morgan fingerprint density at radius 1 is 1.12 bits per heavy atom. The van der Waals surface area contributed by atoms with Gasteiger partial charge in [-0.1, -0.05) is 0 Å². The van der Waals surface area contributed by atoms with E-state index in [2.05, 4.69) is 27.2 Å². The molecule has 1 atom stereocenters. The van der Waals surface area contributed by atoms with Crippen molar-refractivity contribution in [3.63, 3.8) is 0 Å². The summed E-state index contributed by atoms with van der Waals surface area (Å²) in [4.78, 5) is 12.3. The Hall–Kier alpha value is -1.81. The molecule has 0 amide bonds. The molecule has 2 aromatic rings. The SMILES string of the molecule is C[C@@H](NCc1ncccn1)c1ccncc1. The average Bonchev–Trinajstić information content (AvgIpc) is 2.38. The van der Waals surface area contributed by atoms with Crippen LogP contribution in [0, 0.1) is 0 Å². The lowest BCUT2D eigenvalue weighted by atomic mass is 10.1. The van der Waals surface area contributed by atoms with Gasteiger partial charge in [0, 0.05) is 30.8 Å². The van der Waals surface area contributed by atoms with Crippen molar-refractivity contribution in [2.24, 2.45) is 0 Å². The van der Waals surface area contributed by atoms with Crippen LogP contribution in [0.1, 0.15) is 24.4 Å².